The smallest absolute Gasteiger partial charge is 0.257 e. The Hall–Kier alpha value is -3.38. The van der Waals surface area contributed by atoms with E-state index in [-0.39, 0.29) is 5.91 Å². The Morgan fingerprint density at radius 1 is 1.09 bits per heavy atom. The second kappa shape index (κ2) is 9.11. The largest absolute Gasteiger partial charge is 0.456 e. The Kier molecular flexibility index (Phi) is 6.00. The zero-order chi connectivity index (χ0) is 23.8. The number of carbonyl (C=O) groups excluding carboxylic acids is 1. The van der Waals surface area contributed by atoms with Crippen molar-refractivity contribution in [3.63, 3.8) is 0 Å². The van der Waals surface area contributed by atoms with Crippen LogP contribution in [0, 0.1) is 13.8 Å². The minimum absolute atomic E-state index is 0.0874. The topological polar surface area (TPSA) is 54.5 Å². The summed E-state index contributed by atoms with van der Waals surface area (Å²) in [5.74, 6) is 0.907. The first-order chi connectivity index (χ1) is 16.5. The quantitative estimate of drug-likeness (QED) is 0.387. The number of nitrogens with zero attached hydrogens (tertiary/aromatic N) is 4. The summed E-state index contributed by atoms with van der Waals surface area (Å²) in [5, 5.41) is 5.84. The van der Waals surface area contributed by atoms with Crippen molar-refractivity contribution in [1.82, 2.24) is 19.6 Å². The first-order valence-corrected chi connectivity index (χ1v) is 12.2. The summed E-state index contributed by atoms with van der Waals surface area (Å²) in [4.78, 5) is 17.9. The minimum atomic E-state index is 0.0874. The second-order valence-corrected chi connectivity index (χ2v) is 9.07. The van der Waals surface area contributed by atoms with Crippen molar-refractivity contribution in [2.75, 3.05) is 26.2 Å². The van der Waals surface area contributed by atoms with Gasteiger partial charge in [-0.3, -0.25) is 9.69 Å². The Labute approximate surface area is 200 Å². The molecule has 0 spiro atoms. The molecule has 1 amide bonds. The molecular weight excluding hydrogens is 424 g/mol. The fourth-order valence-corrected chi connectivity index (χ4v) is 5.24. The summed E-state index contributed by atoms with van der Waals surface area (Å²) in [6.07, 6.45) is 1.03. The summed E-state index contributed by atoms with van der Waals surface area (Å²) < 4.78 is 7.94. The maximum Gasteiger partial charge on any atom is 0.257 e. The number of aryl methyl sites for hydroxylation is 1. The average molecular weight is 457 g/mol. The van der Waals surface area contributed by atoms with Crippen molar-refractivity contribution in [3.8, 4) is 17.0 Å². The molecule has 1 unspecified atom stereocenters. The van der Waals surface area contributed by atoms with Crippen LogP contribution in [0.25, 0.3) is 28.0 Å². The predicted octanol–water partition coefficient (Wildman–Crippen LogP) is 5.46. The van der Waals surface area contributed by atoms with Gasteiger partial charge in [0.25, 0.3) is 5.91 Å². The lowest BCUT2D eigenvalue weighted by Gasteiger charge is -2.26. The van der Waals surface area contributed by atoms with Crippen LogP contribution in [0.1, 0.15) is 42.0 Å². The molecule has 2 aromatic heterocycles. The normalized spacial score (nSPS) is 16.1. The van der Waals surface area contributed by atoms with Crippen LogP contribution >= 0.6 is 0 Å². The number of fused-ring (bicyclic) bond motifs is 1. The van der Waals surface area contributed by atoms with E-state index in [4.69, 9.17) is 9.52 Å². The number of hydrogen-bond acceptors (Lipinski definition) is 4. The highest BCUT2D eigenvalue weighted by Crippen LogP contribution is 2.30. The maximum absolute atomic E-state index is 13.5. The third kappa shape index (κ3) is 3.92. The van der Waals surface area contributed by atoms with Crippen LogP contribution in [-0.4, -0.2) is 57.7 Å². The lowest BCUT2D eigenvalue weighted by atomic mass is 10.1. The van der Waals surface area contributed by atoms with Crippen LogP contribution in [0.15, 0.2) is 59.0 Å². The van der Waals surface area contributed by atoms with Gasteiger partial charge in [0.05, 0.1) is 22.6 Å². The number of furan rings is 1. The molecule has 2 aromatic carbocycles. The van der Waals surface area contributed by atoms with Crippen LogP contribution in [-0.2, 0) is 0 Å². The Morgan fingerprint density at radius 2 is 1.88 bits per heavy atom. The average Bonchev–Trinajstić information content (AvgIpc) is 3.57. The number of aromatic nitrogens is 2. The molecule has 1 fully saturated rings. The van der Waals surface area contributed by atoms with E-state index in [1.165, 1.54) is 0 Å². The maximum atomic E-state index is 13.5. The second-order valence-electron chi connectivity index (χ2n) is 9.07. The summed E-state index contributed by atoms with van der Waals surface area (Å²) in [6.45, 7) is 11.9. The van der Waals surface area contributed by atoms with E-state index in [1.54, 1.807) is 0 Å². The van der Waals surface area contributed by atoms with Crippen molar-refractivity contribution in [2.45, 2.75) is 40.2 Å². The van der Waals surface area contributed by atoms with Gasteiger partial charge in [0, 0.05) is 30.1 Å². The fraction of sp³-hybridized carbons (Fsp3) is 0.357. The Bertz CT molecular complexity index is 1300. The first kappa shape index (κ1) is 22.4. The molecule has 1 aliphatic heterocycles. The van der Waals surface area contributed by atoms with Gasteiger partial charge in [-0.1, -0.05) is 44.2 Å². The molecule has 0 aliphatic carbocycles. The molecule has 4 aromatic rings. The van der Waals surface area contributed by atoms with Gasteiger partial charge in [-0.15, -0.1) is 0 Å². The van der Waals surface area contributed by atoms with Crippen molar-refractivity contribution in [2.24, 2.45) is 0 Å². The van der Waals surface area contributed by atoms with Gasteiger partial charge in [0.2, 0.25) is 0 Å². The van der Waals surface area contributed by atoms with Crippen LogP contribution < -0.4 is 0 Å². The lowest BCUT2D eigenvalue weighted by Crippen LogP contribution is -2.38. The molecule has 0 radical (unpaired) electrons. The van der Waals surface area contributed by atoms with E-state index in [9.17, 15) is 4.79 Å². The Morgan fingerprint density at radius 3 is 2.65 bits per heavy atom. The number of amides is 1. The van der Waals surface area contributed by atoms with E-state index in [2.05, 4.69) is 30.9 Å². The molecule has 5 rings (SSSR count). The van der Waals surface area contributed by atoms with Crippen LogP contribution in [0.3, 0.4) is 0 Å². The molecule has 0 saturated carbocycles. The number of carbonyl (C=O) groups is 1. The lowest BCUT2D eigenvalue weighted by molar-refractivity contribution is 0.0776. The molecule has 1 atom stereocenters. The van der Waals surface area contributed by atoms with Gasteiger partial charge >= 0.3 is 0 Å². The van der Waals surface area contributed by atoms with E-state index in [1.807, 2.05) is 65.9 Å². The van der Waals surface area contributed by atoms with Gasteiger partial charge in [-0.25, -0.2) is 4.68 Å². The van der Waals surface area contributed by atoms with Crippen molar-refractivity contribution in [1.29, 1.82) is 0 Å². The van der Waals surface area contributed by atoms with Crippen molar-refractivity contribution < 1.29 is 9.21 Å². The van der Waals surface area contributed by atoms with Crippen LogP contribution in [0.4, 0.5) is 0 Å². The third-order valence-corrected chi connectivity index (χ3v) is 7.09. The van der Waals surface area contributed by atoms with Gasteiger partial charge in [-0.05, 0) is 57.6 Å². The number of likely N-dealkylation sites (N-methyl/N-ethyl adjacent to an activating group) is 1. The zero-order valence-electron chi connectivity index (χ0n) is 20.4. The SMILES string of the molecule is CCN(CC)C1CCN(C(=O)c2c(C)nn(-c3cccc(-c4cc5ccccc5o4)c3)c2C)C1. The molecule has 6 nitrogen and oxygen atoms in total. The van der Waals surface area contributed by atoms with E-state index < -0.39 is 0 Å². The van der Waals surface area contributed by atoms with Crippen molar-refractivity contribution >= 4 is 16.9 Å². The highest BCUT2D eigenvalue weighted by atomic mass is 16.3. The fourth-order valence-electron chi connectivity index (χ4n) is 5.24. The minimum Gasteiger partial charge on any atom is -0.456 e. The highest BCUT2D eigenvalue weighted by Gasteiger charge is 2.32. The number of benzene rings is 2. The zero-order valence-corrected chi connectivity index (χ0v) is 20.4. The van der Waals surface area contributed by atoms with E-state index in [0.717, 1.165) is 72.0 Å². The van der Waals surface area contributed by atoms with E-state index in [0.29, 0.717) is 11.6 Å². The van der Waals surface area contributed by atoms with Crippen LogP contribution in [0.2, 0.25) is 0 Å². The van der Waals surface area contributed by atoms with Gasteiger partial charge in [0.1, 0.15) is 11.3 Å². The summed E-state index contributed by atoms with van der Waals surface area (Å²) in [5.41, 5.74) is 5.12. The molecule has 1 saturated heterocycles. The van der Waals surface area contributed by atoms with Gasteiger partial charge in [-0.2, -0.15) is 5.10 Å². The molecular formula is C28H32N4O2. The molecule has 176 valence electrons. The third-order valence-electron chi connectivity index (χ3n) is 7.09. The summed E-state index contributed by atoms with van der Waals surface area (Å²) >= 11 is 0. The monoisotopic (exact) mass is 456 g/mol. The summed E-state index contributed by atoms with van der Waals surface area (Å²) in [7, 11) is 0. The van der Waals surface area contributed by atoms with Crippen LogP contribution in [0.5, 0.6) is 0 Å². The molecule has 3 heterocycles. The highest BCUT2D eigenvalue weighted by molar-refractivity contribution is 5.96. The Balaban J connectivity index is 1.43. The van der Waals surface area contributed by atoms with E-state index >= 15 is 0 Å². The number of para-hydroxylation sites is 1. The first-order valence-electron chi connectivity index (χ1n) is 12.2. The van der Waals surface area contributed by atoms with Gasteiger partial charge < -0.3 is 9.32 Å². The summed E-state index contributed by atoms with van der Waals surface area (Å²) in [6, 6.07) is 18.6. The van der Waals surface area contributed by atoms with Crippen molar-refractivity contribution in [3.05, 3.63) is 71.5 Å². The molecule has 6 heteroatoms. The van der Waals surface area contributed by atoms with Gasteiger partial charge in [0.15, 0.2) is 0 Å². The predicted molar refractivity (Wildman–Crippen MR) is 135 cm³/mol. The standard InChI is InChI=1S/C28H32N4O2/c1-5-30(6-2)24-14-15-31(18-24)28(33)27-19(3)29-32(20(27)4)23-12-9-11-21(16-23)26-17-22-10-7-8-13-25(22)34-26/h7-13,16-17,24H,5-6,14-15,18H2,1-4H3. The molecule has 34 heavy (non-hydrogen) atoms. The molecule has 0 N–H and O–H groups in total. The number of likely N-dealkylation sites (tertiary alicyclic amines) is 1. The molecule has 0 bridgehead atoms. The number of rotatable bonds is 6. The number of hydrogen-bond donors (Lipinski definition) is 0. The molecule has 1 aliphatic rings.